The lowest BCUT2D eigenvalue weighted by Gasteiger charge is -2.36. The van der Waals surface area contributed by atoms with Crippen molar-refractivity contribution in [2.75, 3.05) is 0 Å². The SMILES string of the molecule is CC(C)C1C(C(C)C)C(C)(C)C(=O)N1C(C)C. The Morgan fingerprint density at radius 3 is 1.76 bits per heavy atom. The molecule has 0 bridgehead atoms. The summed E-state index contributed by atoms with van der Waals surface area (Å²) in [6, 6.07) is 0.690. The van der Waals surface area contributed by atoms with Gasteiger partial charge in [-0.3, -0.25) is 4.79 Å². The molecule has 1 heterocycles. The standard InChI is InChI=1S/C15H29NO/c1-9(2)12-13(10(3)4)16(11(5)6)14(17)15(12,7)8/h9-13H,1-8H3. The van der Waals surface area contributed by atoms with E-state index in [1.165, 1.54) is 0 Å². The van der Waals surface area contributed by atoms with Crippen LogP contribution in [0.2, 0.25) is 0 Å². The van der Waals surface area contributed by atoms with Crippen LogP contribution in [0.3, 0.4) is 0 Å². The van der Waals surface area contributed by atoms with Crippen LogP contribution < -0.4 is 0 Å². The summed E-state index contributed by atoms with van der Waals surface area (Å²) in [5.74, 6) is 1.86. The molecular weight excluding hydrogens is 210 g/mol. The van der Waals surface area contributed by atoms with Crippen molar-refractivity contribution in [2.45, 2.75) is 67.5 Å². The van der Waals surface area contributed by atoms with Crippen molar-refractivity contribution < 1.29 is 4.79 Å². The molecule has 0 saturated carbocycles. The van der Waals surface area contributed by atoms with Gasteiger partial charge >= 0.3 is 0 Å². The number of amides is 1. The van der Waals surface area contributed by atoms with Gasteiger partial charge in [0.2, 0.25) is 5.91 Å². The summed E-state index contributed by atoms with van der Waals surface area (Å²) in [7, 11) is 0. The molecule has 0 radical (unpaired) electrons. The Morgan fingerprint density at radius 2 is 1.47 bits per heavy atom. The molecule has 1 aliphatic heterocycles. The highest BCUT2D eigenvalue weighted by Crippen LogP contribution is 2.48. The Balaban J connectivity index is 3.23. The van der Waals surface area contributed by atoms with Crippen LogP contribution in [0.15, 0.2) is 0 Å². The minimum atomic E-state index is -0.215. The quantitative estimate of drug-likeness (QED) is 0.737. The predicted octanol–water partition coefficient (Wildman–Crippen LogP) is 3.56. The average molecular weight is 239 g/mol. The largest absolute Gasteiger partial charge is 0.336 e. The number of nitrogens with zero attached hydrogens (tertiary/aromatic N) is 1. The fraction of sp³-hybridized carbons (Fsp3) is 0.933. The maximum Gasteiger partial charge on any atom is 0.229 e. The summed E-state index contributed by atoms with van der Waals surface area (Å²) in [4.78, 5) is 14.8. The minimum absolute atomic E-state index is 0.215. The zero-order valence-electron chi connectivity index (χ0n) is 12.7. The maximum absolute atomic E-state index is 12.6. The highest BCUT2D eigenvalue weighted by molar-refractivity contribution is 5.85. The Bertz CT molecular complexity index is 291. The molecule has 1 amide bonds. The molecular formula is C15H29NO. The van der Waals surface area contributed by atoms with Crippen molar-refractivity contribution in [2.24, 2.45) is 23.2 Å². The van der Waals surface area contributed by atoms with E-state index >= 15 is 0 Å². The molecule has 100 valence electrons. The second-order valence-electron chi connectivity index (χ2n) is 7.03. The van der Waals surface area contributed by atoms with Gasteiger partial charge in [0.05, 0.1) is 0 Å². The van der Waals surface area contributed by atoms with Gasteiger partial charge in [-0.05, 0) is 31.6 Å². The Morgan fingerprint density at radius 1 is 1.00 bits per heavy atom. The summed E-state index contributed by atoms with van der Waals surface area (Å²) in [6.45, 7) is 17.5. The molecule has 1 rings (SSSR count). The summed E-state index contributed by atoms with van der Waals surface area (Å²) in [6.07, 6.45) is 0. The smallest absolute Gasteiger partial charge is 0.229 e. The fourth-order valence-electron chi connectivity index (χ4n) is 3.75. The van der Waals surface area contributed by atoms with Crippen LogP contribution in [0.25, 0.3) is 0 Å². The molecule has 2 unspecified atom stereocenters. The molecule has 0 N–H and O–H groups in total. The molecule has 1 saturated heterocycles. The van der Waals surface area contributed by atoms with Gasteiger partial charge in [-0.1, -0.05) is 41.5 Å². The molecule has 0 aromatic carbocycles. The van der Waals surface area contributed by atoms with E-state index in [2.05, 4.69) is 60.3 Å². The Kier molecular flexibility index (Phi) is 3.95. The van der Waals surface area contributed by atoms with E-state index in [1.54, 1.807) is 0 Å². The third-order valence-corrected chi connectivity index (χ3v) is 4.27. The number of hydrogen-bond acceptors (Lipinski definition) is 1. The lowest BCUT2D eigenvalue weighted by molar-refractivity contribution is -0.137. The highest BCUT2D eigenvalue weighted by Gasteiger charge is 2.55. The zero-order chi connectivity index (χ0) is 13.5. The number of rotatable bonds is 3. The van der Waals surface area contributed by atoms with Crippen molar-refractivity contribution in [1.82, 2.24) is 4.90 Å². The van der Waals surface area contributed by atoms with E-state index in [-0.39, 0.29) is 5.41 Å². The van der Waals surface area contributed by atoms with Gasteiger partial charge in [0.15, 0.2) is 0 Å². The second-order valence-corrected chi connectivity index (χ2v) is 7.03. The van der Waals surface area contributed by atoms with Crippen molar-refractivity contribution in [3.05, 3.63) is 0 Å². The van der Waals surface area contributed by atoms with Crippen LogP contribution in [0, 0.1) is 23.2 Å². The molecule has 1 fully saturated rings. The summed E-state index contributed by atoms with van der Waals surface area (Å²) >= 11 is 0. The highest BCUT2D eigenvalue weighted by atomic mass is 16.2. The molecule has 0 aromatic heterocycles. The average Bonchev–Trinajstić information content (AvgIpc) is 2.34. The van der Waals surface area contributed by atoms with E-state index in [0.29, 0.717) is 35.7 Å². The maximum atomic E-state index is 12.6. The summed E-state index contributed by atoms with van der Waals surface area (Å²) in [5, 5.41) is 0. The molecule has 1 aliphatic rings. The molecule has 2 atom stereocenters. The molecule has 0 spiro atoms. The normalized spacial score (nSPS) is 28.9. The van der Waals surface area contributed by atoms with Crippen molar-refractivity contribution in [3.8, 4) is 0 Å². The minimum Gasteiger partial charge on any atom is -0.336 e. The monoisotopic (exact) mass is 239 g/mol. The first kappa shape index (κ1) is 14.5. The van der Waals surface area contributed by atoms with Crippen LogP contribution in [-0.4, -0.2) is 22.9 Å². The van der Waals surface area contributed by atoms with E-state index in [0.717, 1.165) is 0 Å². The third-order valence-electron chi connectivity index (χ3n) is 4.27. The van der Waals surface area contributed by atoms with E-state index in [9.17, 15) is 4.79 Å². The van der Waals surface area contributed by atoms with Crippen LogP contribution >= 0.6 is 0 Å². The molecule has 0 aromatic rings. The zero-order valence-corrected chi connectivity index (χ0v) is 12.7. The van der Waals surface area contributed by atoms with E-state index in [1.807, 2.05) is 0 Å². The first-order valence-corrected chi connectivity index (χ1v) is 6.95. The summed E-state index contributed by atoms with van der Waals surface area (Å²) in [5.41, 5.74) is -0.215. The Hall–Kier alpha value is -0.530. The molecule has 17 heavy (non-hydrogen) atoms. The van der Waals surface area contributed by atoms with Crippen LogP contribution in [0.4, 0.5) is 0 Å². The van der Waals surface area contributed by atoms with Gasteiger partial charge in [0.1, 0.15) is 0 Å². The number of carbonyl (C=O) groups is 1. The van der Waals surface area contributed by atoms with Crippen molar-refractivity contribution in [3.63, 3.8) is 0 Å². The van der Waals surface area contributed by atoms with Gasteiger partial charge in [0, 0.05) is 17.5 Å². The van der Waals surface area contributed by atoms with Gasteiger partial charge in [-0.25, -0.2) is 0 Å². The van der Waals surface area contributed by atoms with E-state index < -0.39 is 0 Å². The first-order valence-electron chi connectivity index (χ1n) is 6.95. The first-order chi connectivity index (χ1) is 7.62. The topological polar surface area (TPSA) is 20.3 Å². The number of likely N-dealkylation sites (tertiary alicyclic amines) is 1. The fourth-order valence-corrected chi connectivity index (χ4v) is 3.75. The summed E-state index contributed by atoms with van der Waals surface area (Å²) < 4.78 is 0. The second kappa shape index (κ2) is 4.62. The Labute approximate surface area is 107 Å². The van der Waals surface area contributed by atoms with Crippen LogP contribution in [0.1, 0.15) is 55.4 Å². The molecule has 0 aliphatic carbocycles. The van der Waals surface area contributed by atoms with Crippen molar-refractivity contribution >= 4 is 5.91 Å². The van der Waals surface area contributed by atoms with Crippen LogP contribution in [0.5, 0.6) is 0 Å². The van der Waals surface area contributed by atoms with Gasteiger partial charge in [-0.15, -0.1) is 0 Å². The number of carbonyl (C=O) groups excluding carboxylic acids is 1. The lowest BCUT2D eigenvalue weighted by Crippen LogP contribution is -2.44. The van der Waals surface area contributed by atoms with E-state index in [4.69, 9.17) is 0 Å². The van der Waals surface area contributed by atoms with Gasteiger partial charge in [0.25, 0.3) is 0 Å². The molecule has 2 heteroatoms. The number of hydrogen-bond donors (Lipinski definition) is 0. The predicted molar refractivity (Wildman–Crippen MR) is 72.7 cm³/mol. The third kappa shape index (κ3) is 2.23. The lowest BCUT2D eigenvalue weighted by atomic mass is 9.70. The van der Waals surface area contributed by atoms with Gasteiger partial charge in [-0.2, -0.15) is 0 Å². The van der Waals surface area contributed by atoms with Gasteiger partial charge < -0.3 is 4.90 Å². The van der Waals surface area contributed by atoms with Crippen molar-refractivity contribution in [1.29, 1.82) is 0 Å². The van der Waals surface area contributed by atoms with Crippen LogP contribution in [-0.2, 0) is 4.79 Å². The molecule has 2 nitrogen and oxygen atoms in total.